The lowest BCUT2D eigenvalue weighted by Crippen LogP contribution is -2.04. The molecule has 3 heteroatoms. The number of allylic oxidation sites excluding steroid dienone is 1. The van der Waals surface area contributed by atoms with Crippen molar-refractivity contribution < 1.29 is 9.90 Å². The van der Waals surface area contributed by atoms with E-state index in [0.717, 1.165) is 36.6 Å². The van der Waals surface area contributed by atoms with Crippen LogP contribution < -0.4 is 0 Å². The van der Waals surface area contributed by atoms with Crippen LogP contribution in [0.1, 0.15) is 38.5 Å². The van der Waals surface area contributed by atoms with Crippen molar-refractivity contribution in [2.24, 2.45) is 0 Å². The molecule has 0 fully saturated rings. The maximum atomic E-state index is 10.7. The second kappa shape index (κ2) is 4.65. The van der Waals surface area contributed by atoms with Gasteiger partial charge < -0.3 is 5.11 Å². The molecular formula is C9H13BrO2. The Hall–Kier alpha value is -0.310. The third kappa shape index (κ3) is 2.63. The second-order valence-corrected chi connectivity index (χ2v) is 4.06. The van der Waals surface area contributed by atoms with Crippen molar-refractivity contribution in [3.8, 4) is 0 Å². The number of hydrogen-bond donors (Lipinski definition) is 1. The number of aliphatic carboxylic acids is 1. The highest BCUT2D eigenvalue weighted by Gasteiger charge is 2.13. The summed E-state index contributed by atoms with van der Waals surface area (Å²) in [6.07, 6.45) is 6.12. The fourth-order valence-corrected chi connectivity index (χ4v) is 2.09. The molecular weight excluding hydrogens is 220 g/mol. The van der Waals surface area contributed by atoms with E-state index < -0.39 is 5.97 Å². The fraction of sp³-hybridized carbons (Fsp3) is 0.667. The molecule has 0 aliphatic heterocycles. The summed E-state index contributed by atoms with van der Waals surface area (Å²) in [6, 6.07) is 0. The molecule has 0 saturated carbocycles. The molecule has 0 saturated heterocycles. The molecule has 0 spiro atoms. The van der Waals surface area contributed by atoms with Gasteiger partial charge in [-0.15, -0.1) is 0 Å². The van der Waals surface area contributed by atoms with E-state index in [2.05, 4.69) is 15.9 Å². The number of rotatable bonds is 1. The molecule has 0 aromatic heterocycles. The van der Waals surface area contributed by atoms with E-state index >= 15 is 0 Å². The summed E-state index contributed by atoms with van der Waals surface area (Å²) in [6.45, 7) is 0. The Morgan fingerprint density at radius 3 is 2.33 bits per heavy atom. The molecule has 1 rings (SSSR count). The zero-order valence-electron chi connectivity index (χ0n) is 6.98. The highest BCUT2D eigenvalue weighted by atomic mass is 79.9. The van der Waals surface area contributed by atoms with Gasteiger partial charge in [-0.2, -0.15) is 0 Å². The first-order valence-electron chi connectivity index (χ1n) is 4.32. The first-order valence-corrected chi connectivity index (χ1v) is 5.12. The van der Waals surface area contributed by atoms with Crippen LogP contribution in [0.25, 0.3) is 0 Å². The predicted octanol–water partition coefficient (Wildman–Crippen LogP) is 3.07. The largest absolute Gasteiger partial charge is 0.478 e. The molecule has 0 bridgehead atoms. The summed E-state index contributed by atoms with van der Waals surface area (Å²) in [4.78, 5) is 10.7. The normalized spacial score (nSPS) is 26.1. The number of halogens is 1. The first kappa shape index (κ1) is 9.78. The Kier molecular flexibility index (Phi) is 3.79. The molecule has 0 heterocycles. The van der Waals surface area contributed by atoms with Gasteiger partial charge in [-0.05, 0) is 25.7 Å². The van der Waals surface area contributed by atoms with Crippen molar-refractivity contribution in [3.05, 3.63) is 10.1 Å². The third-order valence-corrected chi connectivity index (χ3v) is 3.03. The molecule has 0 unspecified atom stereocenters. The Balaban J connectivity index is 2.73. The third-order valence-electron chi connectivity index (χ3n) is 2.16. The van der Waals surface area contributed by atoms with Crippen LogP contribution in [-0.4, -0.2) is 11.1 Å². The summed E-state index contributed by atoms with van der Waals surface area (Å²) in [5, 5.41) is 8.84. The molecule has 12 heavy (non-hydrogen) atoms. The number of carboxylic acid groups (broad SMARTS) is 1. The van der Waals surface area contributed by atoms with E-state index in [1.165, 1.54) is 6.42 Å². The lowest BCUT2D eigenvalue weighted by molar-refractivity contribution is -0.132. The molecule has 0 aromatic carbocycles. The molecule has 1 N–H and O–H groups in total. The monoisotopic (exact) mass is 232 g/mol. The van der Waals surface area contributed by atoms with Crippen LogP contribution in [0.5, 0.6) is 0 Å². The van der Waals surface area contributed by atoms with Gasteiger partial charge in [-0.25, -0.2) is 4.79 Å². The first-order chi connectivity index (χ1) is 5.72. The van der Waals surface area contributed by atoms with Crippen LogP contribution in [0, 0.1) is 0 Å². The standard InChI is InChI=1S/C9H13BrO2/c10-8-6-4-2-1-3-5-7(8)9(11)12/h1-6H2,(H,11,12)/b8-7-. The number of hydrogen-bond acceptors (Lipinski definition) is 1. The molecule has 2 nitrogen and oxygen atoms in total. The average molecular weight is 233 g/mol. The summed E-state index contributed by atoms with van der Waals surface area (Å²) in [5.74, 6) is -0.760. The van der Waals surface area contributed by atoms with Crippen molar-refractivity contribution in [2.45, 2.75) is 38.5 Å². The highest BCUT2D eigenvalue weighted by Crippen LogP contribution is 2.26. The van der Waals surface area contributed by atoms with Crippen LogP contribution in [0.2, 0.25) is 0 Å². The van der Waals surface area contributed by atoms with E-state index in [4.69, 9.17) is 5.11 Å². The highest BCUT2D eigenvalue weighted by molar-refractivity contribution is 9.11. The zero-order valence-corrected chi connectivity index (χ0v) is 8.56. The van der Waals surface area contributed by atoms with E-state index in [1.54, 1.807) is 0 Å². The lowest BCUT2D eigenvalue weighted by atomic mass is 10.0. The van der Waals surface area contributed by atoms with Gasteiger partial charge in [0, 0.05) is 10.1 Å². The predicted molar refractivity (Wildman–Crippen MR) is 51.3 cm³/mol. The van der Waals surface area contributed by atoms with Crippen LogP contribution in [0.15, 0.2) is 10.1 Å². The Morgan fingerprint density at radius 1 is 1.17 bits per heavy atom. The van der Waals surface area contributed by atoms with Crippen LogP contribution in [0.3, 0.4) is 0 Å². The maximum absolute atomic E-state index is 10.7. The topological polar surface area (TPSA) is 37.3 Å². The molecule has 68 valence electrons. The SMILES string of the molecule is O=C(O)/C1=C(\Br)CCCCCC1. The van der Waals surface area contributed by atoms with Gasteiger partial charge in [0.25, 0.3) is 0 Å². The van der Waals surface area contributed by atoms with Gasteiger partial charge in [0.15, 0.2) is 0 Å². The Bertz CT molecular complexity index is 209. The Labute approximate surface area is 80.8 Å². The molecule has 0 radical (unpaired) electrons. The van der Waals surface area contributed by atoms with Crippen molar-refractivity contribution >= 4 is 21.9 Å². The van der Waals surface area contributed by atoms with Gasteiger partial charge in [0.1, 0.15) is 0 Å². The summed E-state index contributed by atoms with van der Waals surface area (Å²) >= 11 is 3.34. The van der Waals surface area contributed by atoms with E-state index in [9.17, 15) is 4.79 Å². The van der Waals surface area contributed by atoms with E-state index in [-0.39, 0.29) is 0 Å². The second-order valence-electron chi connectivity index (χ2n) is 3.10. The van der Waals surface area contributed by atoms with Gasteiger partial charge in [-0.1, -0.05) is 28.8 Å². The van der Waals surface area contributed by atoms with E-state index in [1.807, 2.05) is 0 Å². The molecule has 0 atom stereocenters. The van der Waals surface area contributed by atoms with Gasteiger partial charge in [0.2, 0.25) is 0 Å². The number of carboxylic acids is 1. The average Bonchev–Trinajstić information content (AvgIpc) is 1.96. The molecule has 0 amide bonds. The summed E-state index contributed by atoms with van der Waals surface area (Å²) in [5.41, 5.74) is 0.578. The van der Waals surface area contributed by atoms with Crippen LogP contribution >= 0.6 is 15.9 Å². The maximum Gasteiger partial charge on any atom is 0.332 e. The molecule has 1 aliphatic carbocycles. The van der Waals surface area contributed by atoms with Crippen molar-refractivity contribution in [3.63, 3.8) is 0 Å². The minimum absolute atomic E-state index is 0.578. The van der Waals surface area contributed by atoms with Crippen molar-refractivity contribution in [1.29, 1.82) is 0 Å². The minimum atomic E-state index is -0.760. The van der Waals surface area contributed by atoms with Gasteiger partial charge >= 0.3 is 5.97 Å². The van der Waals surface area contributed by atoms with Crippen molar-refractivity contribution in [1.82, 2.24) is 0 Å². The number of carbonyl (C=O) groups is 1. The molecule has 0 aromatic rings. The zero-order chi connectivity index (χ0) is 8.97. The van der Waals surface area contributed by atoms with Crippen LogP contribution in [0.4, 0.5) is 0 Å². The fourth-order valence-electron chi connectivity index (χ4n) is 1.45. The summed E-state index contributed by atoms with van der Waals surface area (Å²) in [7, 11) is 0. The Morgan fingerprint density at radius 2 is 1.75 bits per heavy atom. The van der Waals surface area contributed by atoms with Gasteiger partial charge in [-0.3, -0.25) is 0 Å². The smallest absolute Gasteiger partial charge is 0.332 e. The minimum Gasteiger partial charge on any atom is -0.478 e. The van der Waals surface area contributed by atoms with Gasteiger partial charge in [0.05, 0.1) is 0 Å². The van der Waals surface area contributed by atoms with Crippen molar-refractivity contribution in [2.75, 3.05) is 0 Å². The van der Waals surface area contributed by atoms with Crippen LogP contribution in [-0.2, 0) is 4.79 Å². The lowest BCUT2D eigenvalue weighted by Gasteiger charge is -2.10. The summed E-state index contributed by atoms with van der Waals surface area (Å²) < 4.78 is 0.898. The van der Waals surface area contributed by atoms with E-state index in [0.29, 0.717) is 5.57 Å². The quantitative estimate of drug-likeness (QED) is 0.755. The molecule has 1 aliphatic rings.